The second-order valence-electron chi connectivity index (χ2n) is 6.89. The van der Waals surface area contributed by atoms with Crippen LogP contribution in [0.3, 0.4) is 0 Å². The molecule has 3 rings (SSSR count). The van der Waals surface area contributed by atoms with E-state index in [1.54, 1.807) is 0 Å². The summed E-state index contributed by atoms with van der Waals surface area (Å²) in [6, 6.07) is 30.7. The van der Waals surface area contributed by atoms with Crippen molar-refractivity contribution in [2.45, 2.75) is 25.0 Å². The zero-order valence-electron chi connectivity index (χ0n) is 16.4. The number of aliphatic hydroxyl groups excluding tert-OH is 1. The number of benzene rings is 3. The summed E-state index contributed by atoms with van der Waals surface area (Å²) in [4.78, 5) is 0. The minimum Gasteiger partial charge on any atom is -0.391 e. The third kappa shape index (κ3) is 4.68. The van der Waals surface area contributed by atoms with Crippen molar-refractivity contribution in [2.24, 2.45) is 0 Å². The highest BCUT2D eigenvalue weighted by Gasteiger charge is 2.37. The van der Waals surface area contributed by atoms with E-state index in [-0.39, 0.29) is 6.61 Å². The monoisotopic (exact) mass is 375 g/mol. The highest BCUT2D eigenvalue weighted by molar-refractivity contribution is 5.47. The Hall–Kier alpha value is -2.46. The number of aliphatic hydroxyl groups is 1. The molecule has 0 unspecified atom stereocenters. The van der Waals surface area contributed by atoms with E-state index in [9.17, 15) is 5.11 Å². The van der Waals surface area contributed by atoms with Gasteiger partial charge < -0.3 is 15.2 Å². The molecule has 0 heterocycles. The molecule has 0 radical (unpaired) electrons. The highest BCUT2D eigenvalue weighted by atomic mass is 16.5. The molecule has 2 N–H and O–H groups in total. The van der Waals surface area contributed by atoms with E-state index in [0.29, 0.717) is 6.42 Å². The Kier molecular flexibility index (Phi) is 7.38. The lowest BCUT2D eigenvalue weighted by Gasteiger charge is -2.36. The van der Waals surface area contributed by atoms with Crippen molar-refractivity contribution < 1.29 is 9.84 Å². The van der Waals surface area contributed by atoms with Crippen LogP contribution in [0, 0.1) is 0 Å². The van der Waals surface area contributed by atoms with Gasteiger partial charge in [-0.2, -0.15) is 0 Å². The van der Waals surface area contributed by atoms with Gasteiger partial charge in [-0.15, -0.1) is 0 Å². The van der Waals surface area contributed by atoms with E-state index >= 15 is 0 Å². The summed E-state index contributed by atoms with van der Waals surface area (Å²) in [7, 11) is 0. The fraction of sp³-hybridized carbons (Fsp3) is 0.280. The Morgan fingerprint density at radius 2 is 1.21 bits per heavy atom. The van der Waals surface area contributed by atoms with E-state index in [0.717, 1.165) is 29.8 Å². The Morgan fingerprint density at radius 1 is 0.786 bits per heavy atom. The van der Waals surface area contributed by atoms with E-state index in [1.807, 2.05) is 54.6 Å². The maximum absolute atomic E-state index is 10.5. The molecule has 1 atom stereocenters. The number of ether oxygens (including phenoxy) is 1. The molecular formula is C25H29NO2. The van der Waals surface area contributed by atoms with Crippen LogP contribution in [0.2, 0.25) is 0 Å². The summed E-state index contributed by atoms with van der Waals surface area (Å²) in [5.74, 6) is 0. The number of nitrogens with one attached hydrogen (secondary N) is 1. The third-order valence-corrected chi connectivity index (χ3v) is 4.94. The van der Waals surface area contributed by atoms with E-state index in [4.69, 9.17) is 4.74 Å². The minimum atomic E-state index is -0.775. The van der Waals surface area contributed by atoms with Crippen LogP contribution in [0.15, 0.2) is 91.0 Å². The van der Waals surface area contributed by atoms with Crippen LogP contribution in [-0.4, -0.2) is 30.9 Å². The van der Waals surface area contributed by atoms with Crippen molar-refractivity contribution in [1.29, 1.82) is 0 Å². The van der Waals surface area contributed by atoms with Crippen LogP contribution in [-0.2, 0) is 10.3 Å². The molecule has 0 aliphatic rings. The molecule has 0 saturated heterocycles. The summed E-state index contributed by atoms with van der Waals surface area (Å²) in [5.41, 5.74) is 2.37. The highest BCUT2D eigenvalue weighted by Crippen LogP contribution is 2.40. The molecule has 3 nitrogen and oxygen atoms in total. The van der Waals surface area contributed by atoms with Gasteiger partial charge >= 0.3 is 0 Å². The van der Waals surface area contributed by atoms with Gasteiger partial charge in [0.1, 0.15) is 5.60 Å². The molecule has 146 valence electrons. The van der Waals surface area contributed by atoms with Crippen LogP contribution in [0.5, 0.6) is 0 Å². The molecule has 0 aliphatic carbocycles. The Morgan fingerprint density at radius 3 is 1.61 bits per heavy atom. The molecule has 3 aromatic carbocycles. The molecule has 0 fully saturated rings. The number of hydrogen-bond donors (Lipinski definition) is 2. The fourth-order valence-electron chi connectivity index (χ4n) is 3.52. The standard InChI is InChI=1S/C25H29NO2/c1-2-26-19-18-24(27)20-28-25(21-12-6-3-7-13-21,22-14-8-4-9-15-22)23-16-10-5-11-17-23/h3-17,24,26-27H,2,18-20H2,1H3/t24-/m0/s1. The van der Waals surface area contributed by atoms with Crippen molar-refractivity contribution in [1.82, 2.24) is 5.32 Å². The number of rotatable bonds is 10. The van der Waals surface area contributed by atoms with Crippen molar-refractivity contribution >= 4 is 0 Å². The van der Waals surface area contributed by atoms with Gasteiger partial charge in [-0.3, -0.25) is 0 Å². The molecule has 0 aromatic heterocycles. The van der Waals surface area contributed by atoms with Crippen LogP contribution < -0.4 is 5.32 Å². The third-order valence-electron chi connectivity index (χ3n) is 4.94. The number of hydrogen-bond acceptors (Lipinski definition) is 3. The van der Waals surface area contributed by atoms with Gasteiger partial charge in [0, 0.05) is 0 Å². The maximum Gasteiger partial charge on any atom is 0.143 e. The quantitative estimate of drug-likeness (QED) is 0.409. The summed E-state index contributed by atoms with van der Waals surface area (Å²) in [6.45, 7) is 3.99. The van der Waals surface area contributed by atoms with Gasteiger partial charge in [-0.1, -0.05) is 97.9 Å². The molecule has 0 bridgehead atoms. The average Bonchev–Trinajstić information content (AvgIpc) is 2.77. The van der Waals surface area contributed by atoms with E-state index in [2.05, 4.69) is 48.6 Å². The zero-order valence-corrected chi connectivity index (χ0v) is 16.4. The minimum absolute atomic E-state index is 0.254. The lowest BCUT2D eigenvalue weighted by atomic mass is 9.80. The van der Waals surface area contributed by atoms with Crippen LogP contribution in [0.4, 0.5) is 0 Å². The second kappa shape index (κ2) is 10.2. The van der Waals surface area contributed by atoms with Gasteiger partial charge in [0.25, 0.3) is 0 Å². The first-order valence-electron chi connectivity index (χ1n) is 9.96. The van der Waals surface area contributed by atoms with Crippen LogP contribution in [0.25, 0.3) is 0 Å². The Labute approximate surface area is 168 Å². The van der Waals surface area contributed by atoms with Gasteiger partial charge in [-0.05, 0) is 36.2 Å². The lowest BCUT2D eigenvalue weighted by Crippen LogP contribution is -2.36. The summed E-state index contributed by atoms with van der Waals surface area (Å²) >= 11 is 0. The molecule has 0 aliphatic heterocycles. The zero-order chi connectivity index (χ0) is 19.7. The first kappa shape index (κ1) is 20.3. The van der Waals surface area contributed by atoms with E-state index < -0.39 is 11.7 Å². The molecule has 0 saturated carbocycles. The largest absolute Gasteiger partial charge is 0.391 e. The maximum atomic E-state index is 10.5. The normalized spacial score (nSPS) is 12.6. The summed E-state index contributed by atoms with van der Waals surface area (Å²) < 4.78 is 6.60. The average molecular weight is 376 g/mol. The van der Waals surface area contributed by atoms with Crippen LogP contribution in [0.1, 0.15) is 30.0 Å². The second-order valence-corrected chi connectivity index (χ2v) is 6.89. The Balaban J connectivity index is 2.01. The van der Waals surface area contributed by atoms with Crippen molar-refractivity contribution in [2.75, 3.05) is 19.7 Å². The van der Waals surface area contributed by atoms with Gasteiger partial charge in [0.2, 0.25) is 0 Å². The van der Waals surface area contributed by atoms with Gasteiger partial charge in [0.15, 0.2) is 0 Å². The van der Waals surface area contributed by atoms with E-state index in [1.165, 1.54) is 0 Å². The molecule has 0 amide bonds. The first-order chi connectivity index (χ1) is 13.8. The van der Waals surface area contributed by atoms with Gasteiger partial charge in [-0.25, -0.2) is 0 Å². The fourth-order valence-corrected chi connectivity index (χ4v) is 3.52. The van der Waals surface area contributed by atoms with Crippen molar-refractivity contribution in [3.63, 3.8) is 0 Å². The van der Waals surface area contributed by atoms with Crippen LogP contribution >= 0.6 is 0 Å². The lowest BCUT2D eigenvalue weighted by molar-refractivity contribution is -0.0397. The predicted molar refractivity (Wildman–Crippen MR) is 114 cm³/mol. The molecule has 3 aromatic rings. The van der Waals surface area contributed by atoms with Crippen molar-refractivity contribution in [3.8, 4) is 0 Å². The molecule has 28 heavy (non-hydrogen) atoms. The predicted octanol–water partition coefficient (Wildman–Crippen LogP) is 4.36. The molecule has 3 heteroatoms. The Bertz CT molecular complexity index is 709. The van der Waals surface area contributed by atoms with Gasteiger partial charge in [0.05, 0.1) is 12.7 Å². The molecular weight excluding hydrogens is 346 g/mol. The summed E-state index contributed by atoms with van der Waals surface area (Å²) in [5, 5.41) is 13.8. The smallest absolute Gasteiger partial charge is 0.143 e. The molecule has 0 spiro atoms. The SMILES string of the molecule is CCNCC[C@H](O)COC(c1ccccc1)(c1ccccc1)c1ccccc1. The van der Waals surface area contributed by atoms with Crippen molar-refractivity contribution in [3.05, 3.63) is 108 Å². The topological polar surface area (TPSA) is 41.5 Å². The summed E-state index contributed by atoms with van der Waals surface area (Å²) in [6.07, 6.45) is 0.122. The first-order valence-corrected chi connectivity index (χ1v) is 9.96.